The van der Waals surface area contributed by atoms with Gasteiger partial charge in [-0.15, -0.1) is 0 Å². The number of methoxy groups -OCH3 is 2. The van der Waals surface area contributed by atoms with E-state index in [0.29, 0.717) is 35.1 Å². The van der Waals surface area contributed by atoms with Crippen LogP contribution in [0.2, 0.25) is 5.02 Å². The number of carbonyl (C=O) groups is 2. The number of nitrogens with one attached hydrogen (secondary N) is 1. The number of halogens is 1. The number of carbonyl (C=O) groups excluding carboxylic acids is 2. The van der Waals surface area contributed by atoms with Gasteiger partial charge in [-0.25, -0.2) is 4.79 Å². The molecule has 33 heavy (non-hydrogen) atoms. The molecule has 10 heteroatoms. The van der Waals surface area contributed by atoms with Gasteiger partial charge in [-0.05, 0) is 46.2 Å². The summed E-state index contributed by atoms with van der Waals surface area (Å²) in [5, 5.41) is 3.35. The first-order chi connectivity index (χ1) is 15.4. The monoisotopic (exact) mass is 484 g/mol. The minimum absolute atomic E-state index is 0.149. The van der Waals surface area contributed by atoms with Crippen molar-refractivity contribution in [1.82, 2.24) is 15.1 Å². The number of piperidine rings is 1. The van der Waals surface area contributed by atoms with Gasteiger partial charge in [-0.3, -0.25) is 4.79 Å². The smallest absolute Gasteiger partial charge is 0.410 e. The van der Waals surface area contributed by atoms with E-state index >= 15 is 0 Å². The van der Waals surface area contributed by atoms with Gasteiger partial charge in [0.15, 0.2) is 0 Å². The van der Waals surface area contributed by atoms with Crippen molar-refractivity contribution in [3.8, 4) is 5.75 Å². The van der Waals surface area contributed by atoms with Gasteiger partial charge < -0.3 is 35.1 Å². The molecule has 1 saturated heterocycles. The number of benzene rings is 1. The molecule has 0 aliphatic carbocycles. The number of anilines is 1. The van der Waals surface area contributed by atoms with E-state index in [0.717, 1.165) is 25.9 Å². The van der Waals surface area contributed by atoms with Crippen LogP contribution in [0.1, 0.15) is 44.0 Å². The number of hydrogen-bond donors (Lipinski definition) is 2. The van der Waals surface area contributed by atoms with E-state index in [-0.39, 0.29) is 24.1 Å². The quantitative estimate of drug-likeness (QED) is 0.546. The molecule has 2 rings (SSSR count). The summed E-state index contributed by atoms with van der Waals surface area (Å²) in [4.78, 5) is 28.9. The van der Waals surface area contributed by atoms with Gasteiger partial charge in [-0.2, -0.15) is 0 Å². The normalized spacial score (nSPS) is 19.1. The fourth-order valence-electron chi connectivity index (χ4n) is 3.71. The third-order valence-electron chi connectivity index (χ3n) is 5.50. The second-order valence-electron chi connectivity index (χ2n) is 9.27. The molecule has 2 unspecified atom stereocenters. The predicted octanol–water partition coefficient (Wildman–Crippen LogP) is 3.01. The van der Waals surface area contributed by atoms with Gasteiger partial charge in [0, 0.05) is 39.9 Å². The lowest BCUT2D eigenvalue weighted by Gasteiger charge is -2.38. The fraction of sp³-hybridized carbons (Fsp3) is 0.652. The molecule has 186 valence electrons. The Morgan fingerprint density at radius 1 is 1.30 bits per heavy atom. The third kappa shape index (κ3) is 7.94. The summed E-state index contributed by atoms with van der Waals surface area (Å²) in [6.45, 7) is 8.45. The maximum absolute atomic E-state index is 12.9. The van der Waals surface area contributed by atoms with Crippen LogP contribution in [0.3, 0.4) is 0 Å². The molecule has 0 saturated carbocycles. The van der Waals surface area contributed by atoms with Crippen LogP contribution in [0.5, 0.6) is 5.75 Å². The summed E-state index contributed by atoms with van der Waals surface area (Å²) in [7, 11) is 4.87. The van der Waals surface area contributed by atoms with Crippen LogP contribution in [0.15, 0.2) is 12.1 Å². The highest BCUT2D eigenvalue weighted by Crippen LogP contribution is 2.29. The van der Waals surface area contributed by atoms with Crippen molar-refractivity contribution in [2.24, 2.45) is 0 Å². The van der Waals surface area contributed by atoms with Crippen molar-refractivity contribution >= 4 is 29.3 Å². The van der Waals surface area contributed by atoms with Crippen LogP contribution in [0, 0.1) is 0 Å². The maximum atomic E-state index is 12.9. The first kappa shape index (κ1) is 27.0. The first-order valence-corrected chi connectivity index (χ1v) is 11.5. The van der Waals surface area contributed by atoms with E-state index in [4.69, 9.17) is 31.5 Å². The molecule has 1 fully saturated rings. The van der Waals surface area contributed by atoms with E-state index in [1.165, 1.54) is 13.2 Å². The fourth-order valence-corrected chi connectivity index (χ4v) is 3.88. The summed E-state index contributed by atoms with van der Waals surface area (Å²) in [5.74, 6) is 0.0862. The number of hydrogen-bond acceptors (Lipinski definition) is 7. The van der Waals surface area contributed by atoms with Gasteiger partial charge in [0.2, 0.25) is 0 Å². The highest BCUT2D eigenvalue weighted by atomic mass is 35.5. The van der Waals surface area contributed by atoms with Crippen molar-refractivity contribution in [1.29, 1.82) is 0 Å². The first-order valence-electron chi connectivity index (χ1n) is 11.1. The van der Waals surface area contributed by atoms with Crippen molar-refractivity contribution in [3.05, 3.63) is 22.7 Å². The summed E-state index contributed by atoms with van der Waals surface area (Å²) >= 11 is 6.10. The zero-order valence-electron chi connectivity index (χ0n) is 20.4. The second-order valence-corrected chi connectivity index (χ2v) is 9.68. The average Bonchev–Trinajstić information content (AvgIpc) is 2.74. The molecule has 2 amide bonds. The Kier molecular flexibility index (Phi) is 9.63. The standard InChI is InChI=1S/C23H37ClN4O5/c1-23(2,3)33-22(30)27(4)9-7-10-28-11-8-18(20(14-28)32-6)26-21(29)15-12-16(24)17(25)13-19(15)31-5/h12-13,18,20H,7-11,14,25H2,1-6H3,(H,26,29). The van der Waals surface area contributed by atoms with Crippen molar-refractivity contribution in [3.63, 3.8) is 0 Å². The van der Waals surface area contributed by atoms with E-state index in [2.05, 4.69) is 10.2 Å². The molecule has 3 N–H and O–H groups in total. The topological polar surface area (TPSA) is 106 Å². The van der Waals surface area contributed by atoms with E-state index in [1.54, 1.807) is 25.1 Å². The largest absolute Gasteiger partial charge is 0.496 e. The van der Waals surface area contributed by atoms with Gasteiger partial charge in [0.1, 0.15) is 11.4 Å². The Balaban J connectivity index is 1.88. The zero-order chi connectivity index (χ0) is 24.8. The number of ether oxygens (including phenoxy) is 3. The summed E-state index contributed by atoms with van der Waals surface area (Å²) in [6.07, 6.45) is 1.06. The molecule has 9 nitrogen and oxygen atoms in total. The highest BCUT2D eigenvalue weighted by molar-refractivity contribution is 6.33. The van der Waals surface area contributed by atoms with Gasteiger partial charge >= 0.3 is 6.09 Å². The van der Waals surface area contributed by atoms with Gasteiger partial charge in [0.25, 0.3) is 5.91 Å². The Labute approximate surface area is 201 Å². The number of likely N-dealkylation sites (tertiary alicyclic amines) is 1. The summed E-state index contributed by atoms with van der Waals surface area (Å²) < 4.78 is 16.3. The number of nitrogens with zero attached hydrogens (tertiary/aromatic N) is 2. The van der Waals surface area contributed by atoms with Crippen LogP contribution in [-0.2, 0) is 9.47 Å². The zero-order valence-corrected chi connectivity index (χ0v) is 21.2. The molecular weight excluding hydrogens is 448 g/mol. The lowest BCUT2D eigenvalue weighted by molar-refractivity contribution is 0.00464. The lowest BCUT2D eigenvalue weighted by Crippen LogP contribution is -2.55. The van der Waals surface area contributed by atoms with E-state index < -0.39 is 5.60 Å². The molecule has 1 aromatic carbocycles. The molecule has 1 aliphatic rings. The van der Waals surface area contributed by atoms with Gasteiger partial charge in [-0.1, -0.05) is 11.6 Å². The van der Waals surface area contributed by atoms with Crippen molar-refractivity contribution < 1.29 is 23.8 Å². The van der Waals surface area contributed by atoms with Crippen molar-refractivity contribution in [2.45, 2.75) is 51.4 Å². The number of rotatable bonds is 8. The number of nitrogen functional groups attached to an aromatic ring is 1. The SMILES string of the molecule is COc1cc(N)c(Cl)cc1C(=O)NC1CCN(CCCN(C)C(=O)OC(C)(C)C)CC1OC. The molecule has 0 aromatic heterocycles. The Morgan fingerprint density at radius 2 is 2.00 bits per heavy atom. The van der Waals surface area contributed by atoms with E-state index in [1.807, 2.05) is 20.8 Å². The average molecular weight is 485 g/mol. The Hall–Kier alpha value is -2.23. The summed E-state index contributed by atoms with van der Waals surface area (Å²) in [6, 6.07) is 2.91. The molecule has 0 bridgehead atoms. The number of amides is 2. The maximum Gasteiger partial charge on any atom is 0.410 e. The molecule has 1 aromatic rings. The molecule has 1 heterocycles. The van der Waals surface area contributed by atoms with Crippen LogP contribution in [0.4, 0.5) is 10.5 Å². The third-order valence-corrected chi connectivity index (χ3v) is 5.83. The minimum atomic E-state index is -0.509. The lowest BCUT2D eigenvalue weighted by atomic mass is 10.0. The van der Waals surface area contributed by atoms with Crippen molar-refractivity contribution in [2.75, 3.05) is 53.2 Å². The van der Waals surface area contributed by atoms with Crippen LogP contribution >= 0.6 is 11.6 Å². The molecular formula is C23H37ClN4O5. The van der Waals surface area contributed by atoms with Crippen LogP contribution in [0.25, 0.3) is 0 Å². The molecule has 0 radical (unpaired) electrons. The number of nitrogens with two attached hydrogens (primary N) is 1. The van der Waals surface area contributed by atoms with E-state index in [9.17, 15) is 9.59 Å². The highest BCUT2D eigenvalue weighted by Gasteiger charge is 2.31. The molecule has 1 aliphatic heterocycles. The summed E-state index contributed by atoms with van der Waals surface area (Å²) in [5.41, 5.74) is 5.99. The van der Waals surface area contributed by atoms with Crippen LogP contribution in [-0.4, -0.2) is 87.0 Å². The van der Waals surface area contributed by atoms with Crippen LogP contribution < -0.4 is 15.8 Å². The molecule has 0 spiro atoms. The van der Waals surface area contributed by atoms with Gasteiger partial charge in [0.05, 0.1) is 35.5 Å². The Bertz CT molecular complexity index is 830. The predicted molar refractivity (Wildman–Crippen MR) is 129 cm³/mol. The molecule has 2 atom stereocenters. The minimum Gasteiger partial charge on any atom is -0.496 e. The Morgan fingerprint density at radius 3 is 2.61 bits per heavy atom. The second kappa shape index (κ2) is 11.8.